The maximum absolute atomic E-state index is 9.19. The summed E-state index contributed by atoms with van der Waals surface area (Å²) in [5.74, 6) is 0. The van der Waals surface area contributed by atoms with Gasteiger partial charge in [-0.3, -0.25) is 4.98 Å². The fraction of sp³-hybridized carbons (Fsp3) is 0.154. The van der Waals surface area contributed by atoms with Crippen LogP contribution in [-0.2, 0) is 13.2 Å². The van der Waals surface area contributed by atoms with Crippen LogP contribution >= 0.6 is 15.9 Å². The molecule has 0 spiro atoms. The number of aromatic nitrogens is 1. The molecule has 0 atom stereocenters. The zero-order valence-electron chi connectivity index (χ0n) is 9.23. The Balaban J connectivity index is 2.10. The lowest BCUT2D eigenvalue weighted by atomic mass is 10.2. The van der Waals surface area contributed by atoms with Crippen molar-refractivity contribution in [3.05, 3.63) is 58.3 Å². The Morgan fingerprint density at radius 3 is 2.76 bits per heavy atom. The molecule has 4 heteroatoms. The van der Waals surface area contributed by atoms with E-state index in [9.17, 15) is 5.11 Å². The number of nitrogens with one attached hydrogen (secondary N) is 1. The largest absolute Gasteiger partial charge is 0.392 e. The molecule has 0 aliphatic heterocycles. The number of hydrogen-bond acceptors (Lipinski definition) is 3. The topological polar surface area (TPSA) is 45.2 Å². The second kappa shape index (κ2) is 5.80. The van der Waals surface area contributed by atoms with Crippen LogP contribution in [0, 0.1) is 0 Å². The molecule has 0 aliphatic rings. The van der Waals surface area contributed by atoms with Crippen molar-refractivity contribution < 1.29 is 5.11 Å². The number of pyridine rings is 1. The predicted molar refractivity (Wildman–Crippen MR) is 71.6 cm³/mol. The number of anilines is 1. The fourth-order valence-corrected chi connectivity index (χ4v) is 1.98. The van der Waals surface area contributed by atoms with E-state index in [-0.39, 0.29) is 6.61 Å². The Morgan fingerprint density at radius 2 is 2.00 bits per heavy atom. The van der Waals surface area contributed by atoms with Gasteiger partial charge in [0, 0.05) is 22.8 Å². The summed E-state index contributed by atoms with van der Waals surface area (Å²) in [6.45, 7) is 0.709. The number of rotatable bonds is 4. The highest BCUT2D eigenvalue weighted by atomic mass is 79.9. The third kappa shape index (κ3) is 3.05. The van der Waals surface area contributed by atoms with Crippen LogP contribution < -0.4 is 5.32 Å². The maximum Gasteiger partial charge on any atom is 0.0703 e. The average Bonchev–Trinajstić information content (AvgIpc) is 2.38. The van der Waals surface area contributed by atoms with Crippen LogP contribution in [-0.4, -0.2) is 10.1 Å². The molecule has 0 radical (unpaired) electrons. The van der Waals surface area contributed by atoms with Crippen LogP contribution in [0.5, 0.6) is 0 Å². The SMILES string of the molecule is OCc1ccncc1NCc1ccccc1Br. The number of nitrogens with zero attached hydrogens (tertiary/aromatic N) is 1. The van der Waals surface area contributed by atoms with E-state index in [0.29, 0.717) is 6.54 Å². The second-order valence-electron chi connectivity index (χ2n) is 3.64. The molecular weight excluding hydrogens is 280 g/mol. The molecule has 1 aromatic heterocycles. The molecule has 2 aromatic rings. The number of halogens is 1. The van der Waals surface area contributed by atoms with Crippen LogP contribution in [0.4, 0.5) is 5.69 Å². The van der Waals surface area contributed by atoms with E-state index < -0.39 is 0 Å². The van der Waals surface area contributed by atoms with Gasteiger partial charge in [0.1, 0.15) is 0 Å². The van der Waals surface area contributed by atoms with E-state index >= 15 is 0 Å². The summed E-state index contributed by atoms with van der Waals surface area (Å²) < 4.78 is 1.07. The summed E-state index contributed by atoms with van der Waals surface area (Å²) in [5.41, 5.74) is 2.89. The quantitative estimate of drug-likeness (QED) is 0.911. The van der Waals surface area contributed by atoms with Gasteiger partial charge in [-0.2, -0.15) is 0 Å². The van der Waals surface area contributed by atoms with E-state index in [1.54, 1.807) is 12.4 Å². The first kappa shape index (κ1) is 12.1. The summed E-state index contributed by atoms with van der Waals surface area (Å²) in [6.07, 6.45) is 3.40. The molecule has 0 saturated heterocycles. The first-order chi connectivity index (χ1) is 8.31. The molecule has 0 fully saturated rings. The van der Waals surface area contributed by atoms with Gasteiger partial charge in [0.05, 0.1) is 18.5 Å². The molecule has 0 unspecified atom stereocenters. The van der Waals surface area contributed by atoms with Crippen LogP contribution in [0.3, 0.4) is 0 Å². The monoisotopic (exact) mass is 292 g/mol. The Bertz CT molecular complexity index is 502. The summed E-state index contributed by atoms with van der Waals surface area (Å²) in [7, 11) is 0. The summed E-state index contributed by atoms with van der Waals surface area (Å²) >= 11 is 3.50. The van der Waals surface area contributed by atoms with Gasteiger partial charge in [0.2, 0.25) is 0 Å². The first-order valence-electron chi connectivity index (χ1n) is 5.32. The van der Waals surface area contributed by atoms with Gasteiger partial charge < -0.3 is 10.4 Å². The second-order valence-corrected chi connectivity index (χ2v) is 4.49. The van der Waals surface area contributed by atoms with Crippen molar-refractivity contribution in [3.8, 4) is 0 Å². The third-order valence-electron chi connectivity index (χ3n) is 2.51. The smallest absolute Gasteiger partial charge is 0.0703 e. The Kier molecular flexibility index (Phi) is 4.12. The van der Waals surface area contributed by atoms with E-state index in [1.165, 1.54) is 5.56 Å². The molecule has 2 rings (SSSR count). The average molecular weight is 293 g/mol. The predicted octanol–water partition coefficient (Wildman–Crippen LogP) is 2.95. The summed E-state index contributed by atoms with van der Waals surface area (Å²) in [6, 6.07) is 9.84. The Morgan fingerprint density at radius 1 is 1.18 bits per heavy atom. The highest BCUT2D eigenvalue weighted by molar-refractivity contribution is 9.10. The van der Waals surface area contributed by atoms with Crippen molar-refractivity contribution in [2.45, 2.75) is 13.2 Å². The van der Waals surface area contributed by atoms with Crippen molar-refractivity contribution in [2.24, 2.45) is 0 Å². The zero-order valence-corrected chi connectivity index (χ0v) is 10.8. The number of aliphatic hydroxyl groups excluding tert-OH is 1. The maximum atomic E-state index is 9.19. The minimum Gasteiger partial charge on any atom is -0.392 e. The summed E-state index contributed by atoms with van der Waals surface area (Å²) in [4.78, 5) is 4.04. The minimum absolute atomic E-state index is 0.0147. The molecule has 3 nitrogen and oxygen atoms in total. The van der Waals surface area contributed by atoms with E-state index in [2.05, 4.69) is 26.2 Å². The molecule has 1 heterocycles. The van der Waals surface area contributed by atoms with Gasteiger partial charge in [-0.15, -0.1) is 0 Å². The zero-order chi connectivity index (χ0) is 12.1. The van der Waals surface area contributed by atoms with Gasteiger partial charge >= 0.3 is 0 Å². The highest BCUT2D eigenvalue weighted by Gasteiger charge is 2.02. The van der Waals surface area contributed by atoms with Crippen LogP contribution in [0.2, 0.25) is 0 Å². The van der Waals surface area contributed by atoms with Crippen LogP contribution in [0.15, 0.2) is 47.2 Å². The lowest BCUT2D eigenvalue weighted by molar-refractivity contribution is 0.282. The van der Waals surface area contributed by atoms with E-state index in [4.69, 9.17) is 0 Å². The first-order valence-corrected chi connectivity index (χ1v) is 6.11. The van der Waals surface area contributed by atoms with Crippen molar-refractivity contribution >= 4 is 21.6 Å². The fourth-order valence-electron chi connectivity index (χ4n) is 1.55. The molecule has 0 amide bonds. The van der Waals surface area contributed by atoms with Crippen LogP contribution in [0.1, 0.15) is 11.1 Å². The lowest BCUT2D eigenvalue weighted by Crippen LogP contribution is -2.03. The Labute approximate surface area is 109 Å². The van der Waals surface area contributed by atoms with Gasteiger partial charge in [-0.25, -0.2) is 0 Å². The molecule has 0 aliphatic carbocycles. The normalized spacial score (nSPS) is 10.2. The van der Waals surface area contributed by atoms with Crippen molar-refractivity contribution in [1.29, 1.82) is 0 Å². The molecule has 1 aromatic carbocycles. The third-order valence-corrected chi connectivity index (χ3v) is 3.28. The molecular formula is C13H13BrN2O. The van der Waals surface area contributed by atoms with Gasteiger partial charge in [-0.05, 0) is 17.7 Å². The molecule has 0 saturated carbocycles. The van der Waals surface area contributed by atoms with Gasteiger partial charge in [0.25, 0.3) is 0 Å². The van der Waals surface area contributed by atoms with E-state index in [1.807, 2.05) is 30.3 Å². The minimum atomic E-state index is 0.0147. The van der Waals surface area contributed by atoms with Crippen molar-refractivity contribution in [3.63, 3.8) is 0 Å². The van der Waals surface area contributed by atoms with Crippen molar-refractivity contribution in [2.75, 3.05) is 5.32 Å². The summed E-state index contributed by atoms with van der Waals surface area (Å²) in [5, 5.41) is 12.5. The van der Waals surface area contributed by atoms with Crippen molar-refractivity contribution in [1.82, 2.24) is 4.98 Å². The van der Waals surface area contributed by atoms with Crippen LogP contribution in [0.25, 0.3) is 0 Å². The molecule has 2 N–H and O–H groups in total. The molecule has 17 heavy (non-hydrogen) atoms. The number of aliphatic hydroxyl groups is 1. The molecule has 88 valence electrons. The number of hydrogen-bond donors (Lipinski definition) is 2. The molecule has 0 bridgehead atoms. The highest BCUT2D eigenvalue weighted by Crippen LogP contribution is 2.19. The Hall–Kier alpha value is -1.39. The van der Waals surface area contributed by atoms with Gasteiger partial charge in [0.15, 0.2) is 0 Å². The lowest BCUT2D eigenvalue weighted by Gasteiger charge is -2.10. The van der Waals surface area contributed by atoms with E-state index in [0.717, 1.165) is 15.7 Å². The standard InChI is InChI=1S/C13H13BrN2O/c14-12-4-2-1-3-10(12)7-16-13-8-15-6-5-11(13)9-17/h1-6,8,16-17H,7,9H2. The number of benzene rings is 1. The van der Waals surface area contributed by atoms with Gasteiger partial charge in [-0.1, -0.05) is 34.1 Å².